The second kappa shape index (κ2) is 8.19. The van der Waals surface area contributed by atoms with Crippen molar-refractivity contribution >= 4 is 12.0 Å². The summed E-state index contributed by atoms with van der Waals surface area (Å²) in [5.41, 5.74) is 1.20. The van der Waals surface area contributed by atoms with Gasteiger partial charge in [-0.1, -0.05) is 30.3 Å². The lowest BCUT2D eigenvalue weighted by Crippen LogP contribution is -2.44. The predicted molar refractivity (Wildman–Crippen MR) is 84.0 cm³/mol. The van der Waals surface area contributed by atoms with E-state index in [1.807, 2.05) is 23.1 Å². The third-order valence-electron chi connectivity index (χ3n) is 4.13. The zero-order valence-corrected chi connectivity index (χ0v) is 13.4. The third kappa shape index (κ3) is 5.35. The summed E-state index contributed by atoms with van der Waals surface area (Å²) in [4.78, 5) is 23.0. The average Bonchev–Trinajstić information content (AvgIpc) is 2.98. The van der Waals surface area contributed by atoms with Crippen LogP contribution in [0.1, 0.15) is 24.4 Å². The summed E-state index contributed by atoms with van der Waals surface area (Å²) < 4.78 is 31.7. The molecule has 2 saturated heterocycles. The van der Waals surface area contributed by atoms with Gasteiger partial charge in [0.05, 0.1) is 6.04 Å². The molecule has 2 aliphatic heterocycles. The minimum atomic E-state index is -5.08. The smallest absolute Gasteiger partial charge is 0.475 e. The number of nitrogens with zero attached hydrogens (tertiary/aromatic N) is 1. The van der Waals surface area contributed by atoms with Crippen molar-refractivity contribution in [1.29, 1.82) is 0 Å². The molecule has 25 heavy (non-hydrogen) atoms. The summed E-state index contributed by atoms with van der Waals surface area (Å²) >= 11 is 0. The lowest BCUT2D eigenvalue weighted by molar-refractivity contribution is -0.192. The van der Waals surface area contributed by atoms with Crippen LogP contribution in [0, 0.1) is 0 Å². The Morgan fingerprint density at radius 3 is 2.24 bits per heavy atom. The molecule has 2 heterocycles. The largest absolute Gasteiger partial charge is 0.490 e. The maximum Gasteiger partial charge on any atom is 0.490 e. The monoisotopic (exact) mass is 359 g/mol. The van der Waals surface area contributed by atoms with E-state index in [9.17, 15) is 18.0 Å². The lowest BCUT2D eigenvalue weighted by Gasteiger charge is -2.30. The SMILES string of the molecule is O=C(O)C(F)(F)F.O=C1NC(c2ccccc2)CN1C1CCNCC1. The molecule has 0 radical (unpaired) electrons. The maximum absolute atomic E-state index is 12.1. The summed E-state index contributed by atoms with van der Waals surface area (Å²) in [7, 11) is 0. The van der Waals surface area contributed by atoms with Crippen molar-refractivity contribution in [3.8, 4) is 0 Å². The molecule has 2 amide bonds. The van der Waals surface area contributed by atoms with Gasteiger partial charge in [0.2, 0.25) is 0 Å². The first kappa shape index (κ1) is 19.0. The van der Waals surface area contributed by atoms with Crippen molar-refractivity contribution in [3.05, 3.63) is 35.9 Å². The number of alkyl halides is 3. The highest BCUT2D eigenvalue weighted by atomic mass is 19.4. The Labute approximate surface area is 143 Å². The first-order valence-corrected chi connectivity index (χ1v) is 7.92. The Hall–Kier alpha value is -2.29. The van der Waals surface area contributed by atoms with Crippen molar-refractivity contribution in [2.75, 3.05) is 19.6 Å². The van der Waals surface area contributed by atoms with Crippen LogP contribution in [0.25, 0.3) is 0 Å². The fourth-order valence-electron chi connectivity index (χ4n) is 2.86. The second-order valence-corrected chi connectivity index (χ2v) is 5.85. The number of carboxylic acid groups (broad SMARTS) is 1. The molecule has 2 fully saturated rings. The predicted octanol–water partition coefficient (Wildman–Crippen LogP) is 2.14. The van der Waals surface area contributed by atoms with E-state index in [0.717, 1.165) is 32.5 Å². The molecule has 1 atom stereocenters. The van der Waals surface area contributed by atoms with Crippen molar-refractivity contribution in [1.82, 2.24) is 15.5 Å². The number of nitrogens with one attached hydrogen (secondary N) is 2. The standard InChI is InChI=1S/C14H19N3O.C2HF3O2/c18-14-16-13(11-4-2-1-3-5-11)10-17(14)12-6-8-15-9-7-12;3-2(4,5)1(6)7/h1-5,12-13,15H,6-10H2,(H,16,18);(H,6,7). The number of aliphatic carboxylic acids is 1. The van der Waals surface area contributed by atoms with Gasteiger partial charge in [-0.05, 0) is 31.5 Å². The second-order valence-electron chi connectivity index (χ2n) is 5.85. The molecule has 0 aromatic heterocycles. The Kier molecular flexibility index (Phi) is 6.24. The van der Waals surface area contributed by atoms with Gasteiger partial charge in [-0.2, -0.15) is 13.2 Å². The van der Waals surface area contributed by atoms with E-state index in [2.05, 4.69) is 22.8 Å². The van der Waals surface area contributed by atoms with E-state index in [4.69, 9.17) is 9.90 Å². The molecule has 3 N–H and O–H groups in total. The number of hydrogen-bond donors (Lipinski definition) is 3. The fraction of sp³-hybridized carbons (Fsp3) is 0.500. The lowest BCUT2D eigenvalue weighted by atomic mass is 10.0. The highest BCUT2D eigenvalue weighted by Crippen LogP contribution is 2.24. The number of amides is 2. The zero-order chi connectivity index (χ0) is 18.4. The average molecular weight is 359 g/mol. The van der Waals surface area contributed by atoms with Crippen molar-refractivity contribution in [3.63, 3.8) is 0 Å². The summed E-state index contributed by atoms with van der Waals surface area (Å²) in [6, 6.07) is 10.9. The Balaban J connectivity index is 0.000000277. The van der Waals surface area contributed by atoms with Gasteiger partial charge in [0.25, 0.3) is 0 Å². The highest BCUT2D eigenvalue weighted by molar-refractivity contribution is 5.77. The van der Waals surface area contributed by atoms with Crippen LogP contribution in [0.2, 0.25) is 0 Å². The molecule has 2 aliphatic rings. The minimum absolute atomic E-state index is 0.0933. The molecule has 6 nitrogen and oxygen atoms in total. The number of urea groups is 1. The van der Waals surface area contributed by atoms with Crippen LogP contribution in [0.15, 0.2) is 30.3 Å². The maximum atomic E-state index is 12.1. The molecule has 138 valence electrons. The number of carbonyl (C=O) groups is 2. The minimum Gasteiger partial charge on any atom is -0.475 e. The molecule has 0 spiro atoms. The van der Waals surface area contributed by atoms with Gasteiger partial charge in [-0.3, -0.25) is 0 Å². The van der Waals surface area contributed by atoms with Crippen molar-refractivity contribution in [2.45, 2.75) is 31.1 Å². The molecule has 0 aliphatic carbocycles. The molecular formula is C16H20F3N3O3. The molecule has 3 rings (SSSR count). The van der Waals surface area contributed by atoms with Crippen LogP contribution in [-0.2, 0) is 4.79 Å². The summed E-state index contributed by atoms with van der Waals surface area (Å²) in [6.45, 7) is 2.84. The van der Waals surface area contributed by atoms with Crippen LogP contribution < -0.4 is 10.6 Å². The van der Waals surface area contributed by atoms with Gasteiger partial charge < -0.3 is 20.6 Å². The Morgan fingerprint density at radius 2 is 1.72 bits per heavy atom. The highest BCUT2D eigenvalue weighted by Gasteiger charge is 2.38. The molecule has 9 heteroatoms. The Morgan fingerprint density at radius 1 is 1.16 bits per heavy atom. The molecule has 1 unspecified atom stereocenters. The normalized spacial score (nSPS) is 21.3. The summed E-state index contributed by atoms with van der Waals surface area (Å²) in [6.07, 6.45) is -2.95. The number of carboxylic acids is 1. The number of halogens is 3. The molecule has 1 aromatic rings. The summed E-state index contributed by atoms with van der Waals surface area (Å²) in [5, 5.41) is 13.5. The topological polar surface area (TPSA) is 81.7 Å². The molecule has 1 aromatic carbocycles. The fourth-order valence-corrected chi connectivity index (χ4v) is 2.86. The van der Waals surface area contributed by atoms with Crippen LogP contribution >= 0.6 is 0 Å². The van der Waals surface area contributed by atoms with Gasteiger partial charge in [-0.25, -0.2) is 9.59 Å². The molecule has 0 saturated carbocycles. The van der Waals surface area contributed by atoms with E-state index in [1.165, 1.54) is 5.56 Å². The van der Waals surface area contributed by atoms with Gasteiger partial charge in [-0.15, -0.1) is 0 Å². The summed E-state index contributed by atoms with van der Waals surface area (Å²) in [5.74, 6) is -2.76. The number of rotatable bonds is 2. The zero-order valence-electron chi connectivity index (χ0n) is 13.4. The van der Waals surface area contributed by atoms with Gasteiger partial charge in [0.15, 0.2) is 0 Å². The third-order valence-corrected chi connectivity index (χ3v) is 4.13. The van der Waals surface area contributed by atoms with Crippen LogP contribution in [0.5, 0.6) is 0 Å². The van der Waals surface area contributed by atoms with Gasteiger partial charge >= 0.3 is 18.2 Å². The van der Waals surface area contributed by atoms with Crippen LogP contribution in [-0.4, -0.2) is 53.9 Å². The number of piperidine rings is 1. The number of benzene rings is 1. The molecule has 0 bridgehead atoms. The van der Waals surface area contributed by atoms with Gasteiger partial charge in [0, 0.05) is 12.6 Å². The van der Waals surface area contributed by atoms with E-state index in [-0.39, 0.29) is 12.1 Å². The van der Waals surface area contributed by atoms with Crippen molar-refractivity contribution < 1.29 is 27.9 Å². The first-order valence-electron chi connectivity index (χ1n) is 7.92. The molecular weight excluding hydrogens is 339 g/mol. The quantitative estimate of drug-likeness (QED) is 0.756. The Bertz CT molecular complexity index is 589. The van der Waals surface area contributed by atoms with E-state index < -0.39 is 12.1 Å². The number of carbonyl (C=O) groups excluding carboxylic acids is 1. The van der Waals surface area contributed by atoms with Gasteiger partial charge in [0.1, 0.15) is 0 Å². The van der Waals surface area contributed by atoms with E-state index in [0.29, 0.717) is 6.04 Å². The van der Waals surface area contributed by atoms with E-state index >= 15 is 0 Å². The van der Waals surface area contributed by atoms with Crippen LogP contribution in [0.3, 0.4) is 0 Å². The first-order chi connectivity index (χ1) is 11.8. The van der Waals surface area contributed by atoms with E-state index in [1.54, 1.807) is 0 Å². The van der Waals surface area contributed by atoms with Crippen LogP contribution in [0.4, 0.5) is 18.0 Å². The van der Waals surface area contributed by atoms with Crippen molar-refractivity contribution in [2.24, 2.45) is 0 Å². The number of hydrogen-bond acceptors (Lipinski definition) is 3.